The van der Waals surface area contributed by atoms with Crippen LogP contribution in [0.15, 0.2) is 29.3 Å². The molecule has 1 aliphatic rings. The van der Waals surface area contributed by atoms with Gasteiger partial charge in [0.25, 0.3) is 0 Å². The number of amides is 1. The zero-order valence-corrected chi connectivity index (χ0v) is 12.4. The molecule has 1 fully saturated rings. The maximum Gasteiger partial charge on any atom is 0.221 e. The normalized spacial score (nSPS) is 16.4. The maximum atomic E-state index is 11.1. The molecule has 6 nitrogen and oxygen atoms in total. The first-order valence-corrected chi connectivity index (χ1v) is 7.36. The number of benzene rings is 1. The first-order valence-electron chi connectivity index (χ1n) is 7.36. The van der Waals surface area contributed by atoms with E-state index in [0.29, 0.717) is 12.0 Å². The SMILES string of the molecule is CC(=O)Nc1cccc(NC(=NC2CCCCC2)NN)c1. The van der Waals surface area contributed by atoms with Gasteiger partial charge in [-0.25, -0.2) is 10.8 Å². The highest BCUT2D eigenvalue weighted by molar-refractivity contribution is 5.95. The fraction of sp³-hybridized carbons (Fsp3) is 0.467. The number of anilines is 2. The quantitative estimate of drug-likeness (QED) is 0.297. The second-order valence-corrected chi connectivity index (χ2v) is 5.30. The van der Waals surface area contributed by atoms with Crippen LogP contribution in [0.5, 0.6) is 0 Å². The van der Waals surface area contributed by atoms with Crippen LogP contribution in [0.1, 0.15) is 39.0 Å². The molecule has 21 heavy (non-hydrogen) atoms. The van der Waals surface area contributed by atoms with Crippen LogP contribution < -0.4 is 21.9 Å². The minimum absolute atomic E-state index is 0.0970. The Hall–Kier alpha value is -2.08. The molecule has 0 radical (unpaired) electrons. The lowest BCUT2D eigenvalue weighted by Crippen LogP contribution is -2.37. The van der Waals surface area contributed by atoms with Crippen LogP contribution in [0.3, 0.4) is 0 Å². The minimum atomic E-state index is -0.0970. The van der Waals surface area contributed by atoms with Gasteiger partial charge in [0.1, 0.15) is 0 Å². The molecule has 0 atom stereocenters. The lowest BCUT2D eigenvalue weighted by Gasteiger charge is -2.19. The fourth-order valence-electron chi connectivity index (χ4n) is 2.51. The molecule has 1 amide bonds. The molecule has 0 saturated heterocycles. The highest BCUT2D eigenvalue weighted by atomic mass is 16.1. The second-order valence-electron chi connectivity index (χ2n) is 5.30. The number of hydrogen-bond acceptors (Lipinski definition) is 3. The van der Waals surface area contributed by atoms with E-state index in [4.69, 9.17) is 5.84 Å². The molecular formula is C15H23N5O. The molecule has 0 aromatic heterocycles. The summed E-state index contributed by atoms with van der Waals surface area (Å²) in [5, 5.41) is 5.90. The summed E-state index contributed by atoms with van der Waals surface area (Å²) in [6.45, 7) is 1.48. The summed E-state index contributed by atoms with van der Waals surface area (Å²) in [6.07, 6.45) is 5.97. The van der Waals surface area contributed by atoms with Crippen molar-refractivity contribution < 1.29 is 4.79 Å². The van der Waals surface area contributed by atoms with Gasteiger partial charge < -0.3 is 10.6 Å². The summed E-state index contributed by atoms with van der Waals surface area (Å²) in [5.41, 5.74) is 4.17. The van der Waals surface area contributed by atoms with E-state index in [9.17, 15) is 4.79 Å². The molecule has 114 valence electrons. The molecule has 0 heterocycles. The van der Waals surface area contributed by atoms with Crippen molar-refractivity contribution in [2.75, 3.05) is 10.6 Å². The van der Waals surface area contributed by atoms with Crippen LogP contribution in [0.2, 0.25) is 0 Å². The Morgan fingerprint density at radius 2 is 1.86 bits per heavy atom. The van der Waals surface area contributed by atoms with E-state index in [-0.39, 0.29) is 5.91 Å². The average Bonchev–Trinajstić information content (AvgIpc) is 2.47. The van der Waals surface area contributed by atoms with Crippen molar-refractivity contribution in [1.82, 2.24) is 5.43 Å². The van der Waals surface area contributed by atoms with E-state index < -0.39 is 0 Å². The molecule has 5 N–H and O–H groups in total. The molecular weight excluding hydrogens is 266 g/mol. The molecule has 0 unspecified atom stereocenters. The van der Waals surface area contributed by atoms with Gasteiger partial charge in [-0.05, 0) is 31.0 Å². The summed E-state index contributed by atoms with van der Waals surface area (Å²) in [4.78, 5) is 15.7. The smallest absolute Gasteiger partial charge is 0.221 e. The number of nitrogens with two attached hydrogens (primary N) is 1. The largest absolute Gasteiger partial charge is 0.326 e. The number of guanidine groups is 1. The molecule has 6 heteroatoms. The lowest BCUT2D eigenvalue weighted by molar-refractivity contribution is -0.114. The van der Waals surface area contributed by atoms with E-state index in [1.165, 1.54) is 26.2 Å². The van der Waals surface area contributed by atoms with Crippen molar-refractivity contribution in [3.8, 4) is 0 Å². The Bertz CT molecular complexity index is 509. The average molecular weight is 289 g/mol. The molecule has 1 aliphatic carbocycles. The van der Waals surface area contributed by atoms with E-state index in [1.54, 1.807) is 0 Å². The number of hydrazine groups is 1. The Morgan fingerprint density at radius 1 is 1.19 bits per heavy atom. The van der Waals surface area contributed by atoms with Crippen LogP contribution >= 0.6 is 0 Å². The van der Waals surface area contributed by atoms with Crippen molar-refractivity contribution in [3.63, 3.8) is 0 Å². The number of carbonyl (C=O) groups is 1. The monoisotopic (exact) mass is 289 g/mol. The third-order valence-electron chi connectivity index (χ3n) is 3.47. The van der Waals surface area contributed by atoms with Gasteiger partial charge >= 0.3 is 0 Å². The van der Waals surface area contributed by atoms with Gasteiger partial charge in [-0.2, -0.15) is 0 Å². The van der Waals surface area contributed by atoms with Gasteiger partial charge in [0, 0.05) is 18.3 Å². The molecule has 2 rings (SSSR count). The van der Waals surface area contributed by atoms with Gasteiger partial charge in [-0.3, -0.25) is 10.2 Å². The van der Waals surface area contributed by atoms with Crippen molar-refractivity contribution in [2.24, 2.45) is 10.8 Å². The Labute approximate surface area is 125 Å². The number of nitrogens with one attached hydrogen (secondary N) is 3. The first kappa shape index (κ1) is 15.3. The van der Waals surface area contributed by atoms with Crippen molar-refractivity contribution in [1.29, 1.82) is 0 Å². The van der Waals surface area contributed by atoms with Crippen LogP contribution in [0.4, 0.5) is 11.4 Å². The lowest BCUT2D eigenvalue weighted by atomic mass is 9.96. The second kappa shape index (κ2) is 7.64. The zero-order chi connectivity index (χ0) is 15.1. The van der Waals surface area contributed by atoms with Crippen molar-refractivity contribution >= 4 is 23.2 Å². The molecule has 0 spiro atoms. The van der Waals surface area contributed by atoms with Gasteiger partial charge in [-0.1, -0.05) is 25.3 Å². The summed E-state index contributed by atoms with van der Waals surface area (Å²) in [7, 11) is 0. The predicted octanol–water partition coefficient (Wildman–Crippen LogP) is 2.21. The number of aliphatic imine (C=N–C) groups is 1. The highest BCUT2D eigenvalue weighted by Crippen LogP contribution is 2.20. The molecule has 1 aromatic carbocycles. The van der Waals surface area contributed by atoms with Gasteiger partial charge in [-0.15, -0.1) is 0 Å². The van der Waals surface area contributed by atoms with Crippen molar-refractivity contribution in [2.45, 2.75) is 45.1 Å². The van der Waals surface area contributed by atoms with E-state index in [1.807, 2.05) is 24.3 Å². The summed E-state index contributed by atoms with van der Waals surface area (Å²) in [5.74, 6) is 6.00. The number of carbonyl (C=O) groups excluding carboxylic acids is 1. The van der Waals surface area contributed by atoms with E-state index in [0.717, 1.165) is 24.2 Å². The van der Waals surface area contributed by atoms with E-state index in [2.05, 4.69) is 21.1 Å². The Kier molecular flexibility index (Phi) is 5.57. The molecule has 1 saturated carbocycles. The molecule has 0 aliphatic heterocycles. The minimum Gasteiger partial charge on any atom is -0.326 e. The first-order chi connectivity index (χ1) is 10.2. The third-order valence-corrected chi connectivity index (χ3v) is 3.47. The summed E-state index contributed by atoms with van der Waals surface area (Å²) < 4.78 is 0. The van der Waals surface area contributed by atoms with Crippen molar-refractivity contribution in [3.05, 3.63) is 24.3 Å². The van der Waals surface area contributed by atoms with Crippen LogP contribution in [0, 0.1) is 0 Å². The number of rotatable bonds is 3. The van der Waals surface area contributed by atoms with E-state index >= 15 is 0 Å². The maximum absolute atomic E-state index is 11.1. The number of hydrogen-bond donors (Lipinski definition) is 4. The molecule has 0 bridgehead atoms. The summed E-state index contributed by atoms with van der Waals surface area (Å²) in [6, 6.07) is 7.77. The Balaban J connectivity index is 2.03. The highest BCUT2D eigenvalue weighted by Gasteiger charge is 2.13. The molecule has 1 aromatic rings. The van der Waals surface area contributed by atoms with Gasteiger partial charge in [0.05, 0.1) is 6.04 Å². The van der Waals surface area contributed by atoms with Gasteiger partial charge in [0.2, 0.25) is 11.9 Å². The zero-order valence-electron chi connectivity index (χ0n) is 12.4. The fourth-order valence-corrected chi connectivity index (χ4v) is 2.51. The number of nitrogens with zero attached hydrogens (tertiary/aromatic N) is 1. The predicted molar refractivity (Wildman–Crippen MR) is 86.0 cm³/mol. The van der Waals surface area contributed by atoms with Gasteiger partial charge in [0.15, 0.2) is 0 Å². The Morgan fingerprint density at radius 3 is 2.48 bits per heavy atom. The third kappa shape index (κ3) is 5.07. The topological polar surface area (TPSA) is 91.5 Å². The van der Waals surface area contributed by atoms with Crippen LogP contribution in [-0.4, -0.2) is 17.9 Å². The van der Waals surface area contributed by atoms with Crippen LogP contribution in [-0.2, 0) is 4.79 Å². The summed E-state index contributed by atoms with van der Waals surface area (Å²) >= 11 is 0. The standard InChI is InChI=1S/C15H23N5O/c1-11(21)17-13-8-5-9-14(10-13)19-15(20-16)18-12-6-3-2-4-7-12/h5,8-10,12H,2-4,6-7,16H2,1H3,(H,17,21)(H2,18,19,20). The van der Waals surface area contributed by atoms with Crippen LogP contribution in [0.25, 0.3) is 0 Å².